The third kappa shape index (κ3) is 2.81. The monoisotopic (exact) mass is 282 g/mol. The lowest BCUT2D eigenvalue weighted by Crippen LogP contribution is -2.16. The van der Waals surface area contributed by atoms with E-state index in [0.29, 0.717) is 23.6 Å². The zero-order valence-corrected chi connectivity index (χ0v) is 11.7. The lowest BCUT2D eigenvalue weighted by atomic mass is 10.1. The second kappa shape index (κ2) is 5.44. The van der Waals surface area contributed by atoms with Gasteiger partial charge in [-0.3, -0.25) is 4.79 Å². The first-order valence-electron chi connectivity index (χ1n) is 7.04. The van der Waals surface area contributed by atoms with Crippen LogP contribution in [0.2, 0.25) is 0 Å². The van der Waals surface area contributed by atoms with E-state index in [0.717, 1.165) is 36.1 Å². The largest absolute Gasteiger partial charge is 0.399 e. The van der Waals surface area contributed by atoms with Crippen molar-refractivity contribution in [1.29, 1.82) is 0 Å². The number of benzene rings is 1. The Labute approximate surface area is 123 Å². The molecule has 1 aliphatic rings. The number of fused-ring (bicyclic) bond motifs is 1. The first-order valence-corrected chi connectivity index (χ1v) is 7.04. The van der Waals surface area contributed by atoms with Gasteiger partial charge in [0.1, 0.15) is 5.82 Å². The number of rotatable bonds is 4. The number of carbonyl (C=O) groups excluding carboxylic acids is 1. The van der Waals surface area contributed by atoms with Gasteiger partial charge in [-0.15, -0.1) is 0 Å². The zero-order valence-electron chi connectivity index (χ0n) is 11.7. The molecule has 0 bridgehead atoms. The normalized spacial score (nSPS) is 13.0. The highest BCUT2D eigenvalue weighted by Gasteiger charge is 2.18. The Balaban J connectivity index is 1.86. The summed E-state index contributed by atoms with van der Waals surface area (Å²) in [5, 5.41) is 3.20. The first-order chi connectivity index (χ1) is 10.1. The molecule has 5 N–H and O–H groups in total. The molecule has 21 heavy (non-hydrogen) atoms. The molecular weight excluding hydrogens is 264 g/mol. The van der Waals surface area contributed by atoms with Gasteiger partial charge >= 0.3 is 0 Å². The van der Waals surface area contributed by atoms with Crippen molar-refractivity contribution in [2.75, 3.05) is 11.1 Å². The Kier molecular flexibility index (Phi) is 3.48. The number of anilines is 2. The van der Waals surface area contributed by atoms with E-state index < -0.39 is 5.91 Å². The van der Waals surface area contributed by atoms with E-state index in [-0.39, 0.29) is 0 Å². The Morgan fingerprint density at radius 2 is 2.14 bits per heavy atom. The van der Waals surface area contributed by atoms with Crippen LogP contribution < -0.4 is 16.8 Å². The Morgan fingerprint density at radius 3 is 2.90 bits per heavy atom. The molecule has 5 heteroatoms. The Morgan fingerprint density at radius 1 is 1.29 bits per heavy atom. The van der Waals surface area contributed by atoms with Gasteiger partial charge in [0, 0.05) is 17.9 Å². The average Bonchev–Trinajstić information content (AvgIpc) is 2.91. The van der Waals surface area contributed by atoms with Gasteiger partial charge in [-0.2, -0.15) is 0 Å². The average molecular weight is 282 g/mol. The first kappa shape index (κ1) is 13.4. The third-order valence-corrected chi connectivity index (χ3v) is 3.73. The molecule has 1 aliphatic carbocycles. The molecule has 1 amide bonds. The van der Waals surface area contributed by atoms with E-state index in [1.165, 1.54) is 0 Å². The van der Waals surface area contributed by atoms with Gasteiger partial charge < -0.3 is 16.8 Å². The number of nitrogens with two attached hydrogens (primary N) is 2. The number of hydrogen-bond donors (Lipinski definition) is 3. The maximum atomic E-state index is 11.6. The molecule has 1 aromatic heterocycles. The smallest absolute Gasteiger partial charge is 0.252 e. The lowest BCUT2D eigenvalue weighted by molar-refractivity contribution is 0.100. The molecule has 108 valence electrons. The van der Waals surface area contributed by atoms with Crippen molar-refractivity contribution < 1.29 is 4.79 Å². The maximum absolute atomic E-state index is 11.6. The van der Waals surface area contributed by atoms with Gasteiger partial charge in [-0.25, -0.2) is 4.98 Å². The molecule has 3 rings (SSSR count). The number of aromatic nitrogens is 1. The zero-order chi connectivity index (χ0) is 14.8. The fraction of sp³-hybridized carbons (Fsp3) is 0.250. The fourth-order valence-electron chi connectivity index (χ4n) is 2.68. The standard InChI is InChI=1S/C16H18N4O/c17-12-5-1-3-10(7-12)9-19-16-13(15(18)21)8-11-4-2-6-14(11)20-16/h1,3,5,7-8H,2,4,6,9,17H2,(H2,18,21)(H,19,20). The summed E-state index contributed by atoms with van der Waals surface area (Å²) in [5.41, 5.74) is 15.6. The predicted molar refractivity (Wildman–Crippen MR) is 83.0 cm³/mol. The van der Waals surface area contributed by atoms with E-state index >= 15 is 0 Å². The van der Waals surface area contributed by atoms with Crippen LogP contribution in [0.3, 0.4) is 0 Å². The number of hydrogen-bond acceptors (Lipinski definition) is 4. The molecule has 0 fully saturated rings. The van der Waals surface area contributed by atoms with Crippen molar-refractivity contribution in [2.24, 2.45) is 5.73 Å². The van der Waals surface area contributed by atoms with Gasteiger partial charge in [-0.05, 0) is 48.6 Å². The molecule has 5 nitrogen and oxygen atoms in total. The second-order valence-electron chi connectivity index (χ2n) is 5.31. The highest BCUT2D eigenvalue weighted by atomic mass is 16.1. The summed E-state index contributed by atoms with van der Waals surface area (Å²) in [6.45, 7) is 0.553. The number of pyridine rings is 1. The quantitative estimate of drug-likeness (QED) is 0.746. The molecule has 0 unspecified atom stereocenters. The van der Waals surface area contributed by atoms with E-state index in [1.807, 2.05) is 30.3 Å². The van der Waals surface area contributed by atoms with Crippen molar-refractivity contribution in [1.82, 2.24) is 4.98 Å². The Hall–Kier alpha value is -2.56. The molecule has 0 saturated heterocycles. The van der Waals surface area contributed by atoms with Gasteiger partial charge in [-0.1, -0.05) is 12.1 Å². The number of amides is 1. The molecule has 1 heterocycles. The summed E-state index contributed by atoms with van der Waals surface area (Å²) in [7, 11) is 0. The van der Waals surface area contributed by atoms with Crippen molar-refractivity contribution in [3.63, 3.8) is 0 Å². The number of primary amides is 1. The highest BCUT2D eigenvalue weighted by molar-refractivity contribution is 5.97. The molecule has 1 aromatic carbocycles. The lowest BCUT2D eigenvalue weighted by Gasteiger charge is -2.12. The molecule has 2 aromatic rings. The predicted octanol–water partition coefficient (Wildman–Crippen LogP) is 1.86. The summed E-state index contributed by atoms with van der Waals surface area (Å²) in [6.07, 6.45) is 3.01. The van der Waals surface area contributed by atoms with E-state index in [1.54, 1.807) is 0 Å². The summed E-state index contributed by atoms with van der Waals surface area (Å²) in [5.74, 6) is 0.109. The molecule has 0 saturated carbocycles. The summed E-state index contributed by atoms with van der Waals surface area (Å²) in [6, 6.07) is 9.48. The number of nitrogen functional groups attached to an aromatic ring is 1. The van der Waals surface area contributed by atoms with Gasteiger partial charge in [0.15, 0.2) is 0 Å². The summed E-state index contributed by atoms with van der Waals surface area (Å²) < 4.78 is 0. The third-order valence-electron chi connectivity index (χ3n) is 3.73. The summed E-state index contributed by atoms with van der Waals surface area (Å²) >= 11 is 0. The Bertz CT molecular complexity index is 697. The van der Waals surface area contributed by atoms with Gasteiger partial charge in [0.25, 0.3) is 5.91 Å². The van der Waals surface area contributed by atoms with Crippen molar-refractivity contribution in [3.05, 3.63) is 52.7 Å². The van der Waals surface area contributed by atoms with E-state index in [9.17, 15) is 4.79 Å². The number of aryl methyl sites for hydroxylation is 2. The van der Waals surface area contributed by atoms with Crippen molar-refractivity contribution >= 4 is 17.4 Å². The van der Waals surface area contributed by atoms with Crippen LogP contribution in [0.5, 0.6) is 0 Å². The number of nitrogens with one attached hydrogen (secondary N) is 1. The van der Waals surface area contributed by atoms with Crippen molar-refractivity contribution in [3.8, 4) is 0 Å². The highest BCUT2D eigenvalue weighted by Crippen LogP contribution is 2.25. The number of nitrogens with zero attached hydrogens (tertiary/aromatic N) is 1. The van der Waals surface area contributed by atoms with Crippen LogP contribution in [0.15, 0.2) is 30.3 Å². The molecular formula is C16H18N4O. The van der Waals surface area contributed by atoms with Crippen molar-refractivity contribution in [2.45, 2.75) is 25.8 Å². The fourth-order valence-corrected chi connectivity index (χ4v) is 2.68. The molecule has 0 spiro atoms. The number of carbonyl (C=O) groups is 1. The van der Waals surface area contributed by atoms with Gasteiger partial charge in [0.05, 0.1) is 5.56 Å². The van der Waals surface area contributed by atoms with Crippen LogP contribution in [0.1, 0.15) is 33.6 Å². The molecule has 0 atom stereocenters. The minimum atomic E-state index is -0.452. The molecule has 0 radical (unpaired) electrons. The van der Waals surface area contributed by atoms with Crippen LogP contribution in [-0.2, 0) is 19.4 Å². The van der Waals surface area contributed by atoms with E-state index in [2.05, 4.69) is 10.3 Å². The van der Waals surface area contributed by atoms with Gasteiger partial charge in [0.2, 0.25) is 0 Å². The van der Waals surface area contributed by atoms with Crippen LogP contribution in [0.4, 0.5) is 11.5 Å². The summed E-state index contributed by atoms with van der Waals surface area (Å²) in [4.78, 5) is 16.2. The second-order valence-corrected chi connectivity index (χ2v) is 5.31. The van der Waals surface area contributed by atoms with E-state index in [4.69, 9.17) is 11.5 Å². The van der Waals surface area contributed by atoms with Crippen LogP contribution in [0.25, 0.3) is 0 Å². The van der Waals surface area contributed by atoms with Crippen LogP contribution >= 0.6 is 0 Å². The SMILES string of the molecule is NC(=O)c1cc2c(nc1NCc1cccc(N)c1)CCC2. The maximum Gasteiger partial charge on any atom is 0.252 e. The van der Waals surface area contributed by atoms with Crippen LogP contribution in [0, 0.1) is 0 Å². The van der Waals surface area contributed by atoms with Crippen LogP contribution in [-0.4, -0.2) is 10.9 Å². The molecule has 0 aliphatic heterocycles. The topological polar surface area (TPSA) is 94.0 Å². The minimum Gasteiger partial charge on any atom is -0.399 e. The minimum absolute atomic E-state index is 0.452.